The molecule has 0 spiro atoms. The van der Waals surface area contributed by atoms with E-state index in [1.165, 1.54) is 16.2 Å². The van der Waals surface area contributed by atoms with Crippen LogP contribution in [0.4, 0.5) is 0 Å². The van der Waals surface area contributed by atoms with Gasteiger partial charge in [-0.25, -0.2) is 0 Å². The van der Waals surface area contributed by atoms with Crippen LogP contribution in [0, 0.1) is 0 Å². The lowest BCUT2D eigenvalue weighted by molar-refractivity contribution is 0.0958. The third kappa shape index (κ3) is 4.90. The first kappa shape index (κ1) is 14.4. The fourth-order valence-electron chi connectivity index (χ4n) is 1.50. The van der Waals surface area contributed by atoms with Gasteiger partial charge in [-0.2, -0.15) is 0 Å². The largest absolute Gasteiger partial charge is 0.351 e. The van der Waals surface area contributed by atoms with Gasteiger partial charge in [0.25, 0.3) is 5.91 Å². The molecule has 1 heterocycles. The van der Waals surface area contributed by atoms with Crippen molar-refractivity contribution in [2.24, 2.45) is 0 Å². The van der Waals surface area contributed by atoms with Gasteiger partial charge in [-0.3, -0.25) is 4.79 Å². The highest BCUT2D eigenvalue weighted by Gasteiger charge is 2.07. The summed E-state index contributed by atoms with van der Waals surface area (Å²) in [6, 6.07) is 13.8. The van der Waals surface area contributed by atoms with E-state index in [0.717, 1.165) is 12.2 Å². The van der Waals surface area contributed by atoms with Gasteiger partial charge in [-0.1, -0.05) is 29.8 Å². The molecule has 0 aliphatic rings. The molecule has 1 N–H and O–H groups in total. The minimum Gasteiger partial charge on any atom is -0.351 e. The molecule has 5 heteroatoms. The van der Waals surface area contributed by atoms with Crippen LogP contribution in [0.2, 0.25) is 4.34 Å². The molecule has 1 aromatic heterocycles. The number of hydrogen-bond acceptors (Lipinski definition) is 3. The van der Waals surface area contributed by atoms with Crippen LogP contribution in [0.15, 0.2) is 47.4 Å². The molecule has 0 aliphatic heterocycles. The monoisotopic (exact) mass is 311 g/mol. The lowest BCUT2D eigenvalue weighted by atomic mass is 10.4. The van der Waals surface area contributed by atoms with E-state index in [9.17, 15) is 4.79 Å². The van der Waals surface area contributed by atoms with Crippen LogP contribution in [-0.4, -0.2) is 18.2 Å². The molecule has 2 aromatic rings. The van der Waals surface area contributed by atoms with E-state index in [2.05, 4.69) is 17.4 Å². The van der Waals surface area contributed by atoms with Crippen LogP contribution < -0.4 is 5.32 Å². The smallest absolute Gasteiger partial charge is 0.261 e. The quantitative estimate of drug-likeness (QED) is 0.636. The highest BCUT2D eigenvalue weighted by molar-refractivity contribution is 7.99. The summed E-state index contributed by atoms with van der Waals surface area (Å²) in [4.78, 5) is 13.7. The Labute approximate surface area is 126 Å². The maximum Gasteiger partial charge on any atom is 0.261 e. The number of nitrogens with one attached hydrogen (secondary N) is 1. The van der Waals surface area contributed by atoms with E-state index in [4.69, 9.17) is 11.6 Å². The molecular formula is C14H14ClNOS2. The van der Waals surface area contributed by atoms with Crippen LogP contribution in [0.3, 0.4) is 0 Å². The fraction of sp³-hybridized carbons (Fsp3) is 0.214. The molecule has 1 amide bonds. The number of hydrogen-bond donors (Lipinski definition) is 1. The molecule has 0 atom stereocenters. The van der Waals surface area contributed by atoms with Gasteiger partial charge in [0.05, 0.1) is 9.21 Å². The summed E-state index contributed by atoms with van der Waals surface area (Å²) in [5, 5.41) is 2.90. The SMILES string of the molecule is O=C(NCCCSc1ccccc1)c1ccc(Cl)s1. The Kier molecular flexibility index (Phi) is 5.76. The second kappa shape index (κ2) is 7.58. The van der Waals surface area contributed by atoms with Gasteiger partial charge in [0, 0.05) is 11.4 Å². The molecule has 2 nitrogen and oxygen atoms in total. The van der Waals surface area contributed by atoms with E-state index >= 15 is 0 Å². The molecule has 0 saturated carbocycles. The predicted octanol–water partition coefficient (Wildman–Crippen LogP) is 4.31. The molecular weight excluding hydrogens is 298 g/mol. The molecule has 0 unspecified atom stereocenters. The van der Waals surface area contributed by atoms with Gasteiger partial charge in [0.15, 0.2) is 0 Å². The molecule has 1 aromatic carbocycles. The molecule has 0 fully saturated rings. The number of amides is 1. The van der Waals surface area contributed by atoms with Gasteiger partial charge in [-0.05, 0) is 36.4 Å². The van der Waals surface area contributed by atoms with Gasteiger partial charge in [-0.15, -0.1) is 23.1 Å². The molecule has 100 valence electrons. The van der Waals surface area contributed by atoms with Crippen LogP contribution in [0.1, 0.15) is 16.1 Å². The highest BCUT2D eigenvalue weighted by Crippen LogP contribution is 2.21. The lowest BCUT2D eigenvalue weighted by Gasteiger charge is -2.03. The van der Waals surface area contributed by atoms with Crippen LogP contribution >= 0.6 is 34.7 Å². The van der Waals surface area contributed by atoms with E-state index in [1.54, 1.807) is 23.9 Å². The Bertz CT molecular complexity index is 527. The third-order valence-corrected chi connectivity index (χ3v) is 4.74. The number of rotatable bonds is 6. The number of benzene rings is 1. The number of carbonyl (C=O) groups excluding carboxylic acids is 1. The van der Waals surface area contributed by atoms with Crippen LogP contribution in [0.25, 0.3) is 0 Å². The van der Waals surface area contributed by atoms with E-state index in [1.807, 2.05) is 18.2 Å². The molecule has 2 rings (SSSR count). The molecule has 0 bridgehead atoms. The highest BCUT2D eigenvalue weighted by atomic mass is 35.5. The summed E-state index contributed by atoms with van der Waals surface area (Å²) >= 11 is 8.90. The average molecular weight is 312 g/mol. The van der Waals surface area contributed by atoms with E-state index in [-0.39, 0.29) is 5.91 Å². The number of thiophene rings is 1. The Morgan fingerprint density at radius 2 is 2.00 bits per heavy atom. The zero-order valence-corrected chi connectivity index (χ0v) is 12.7. The van der Waals surface area contributed by atoms with Gasteiger partial charge >= 0.3 is 0 Å². The first-order valence-electron chi connectivity index (χ1n) is 5.97. The number of halogens is 1. The predicted molar refractivity (Wildman–Crippen MR) is 83.4 cm³/mol. The fourth-order valence-corrected chi connectivity index (χ4v) is 3.34. The van der Waals surface area contributed by atoms with Crippen molar-refractivity contribution in [2.75, 3.05) is 12.3 Å². The first-order valence-corrected chi connectivity index (χ1v) is 8.15. The van der Waals surface area contributed by atoms with Crippen LogP contribution in [-0.2, 0) is 0 Å². The summed E-state index contributed by atoms with van der Waals surface area (Å²) in [6.07, 6.45) is 0.949. The van der Waals surface area contributed by atoms with E-state index in [0.29, 0.717) is 15.8 Å². The van der Waals surface area contributed by atoms with Crippen molar-refractivity contribution in [3.63, 3.8) is 0 Å². The second-order valence-corrected chi connectivity index (χ2v) is 6.76. The first-order chi connectivity index (χ1) is 9.25. The van der Waals surface area contributed by atoms with Crippen molar-refractivity contribution in [1.29, 1.82) is 0 Å². The van der Waals surface area contributed by atoms with Gasteiger partial charge in [0.2, 0.25) is 0 Å². The molecule has 0 aliphatic carbocycles. The van der Waals surface area contributed by atoms with Crippen molar-refractivity contribution in [3.05, 3.63) is 51.7 Å². The summed E-state index contributed by atoms with van der Waals surface area (Å²) in [6.45, 7) is 0.689. The zero-order valence-electron chi connectivity index (χ0n) is 10.3. The standard InChI is InChI=1S/C14H14ClNOS2/c15-13-8-7-12(19-13)14(17)16-9-4-10-18-11-5-2-1-3-6-11/h1-3,5-8H,4,9-10H2,(H,16,17). The number of carbonyl (C=O) groups is 1. The molecule has 19 heavy (non-hydrogen) atoms. The summed E-state index contributed by atoms with van der Waals surface area (Å²) < 4.78 is 0.643. The molecule has 0 saturated heterocycles. The van der Waals surface area contributed by atoms with Crippen molar-refractivity contribution >= 4 is 40.6 Å². The summed E-state index contributed by atoms with van der Waals surface area (Å²) in [7, 11) is 0. The van der Waals surface area contributed by atoms with E-state index < -0.39 is 0 Å². The number of thioether (sulfide) groups is 1. The minimum atomic E-state index is -0.0402. The summed E-state index contributed by atoms with van der Waals surface area (Å²) in [5.41, 5.74) is 0. The Morgan fingerprint density at radius 1 is 1.21 bits per heavy atom. The third-order valence-electron chi connectivity index (χ3n) is 2.42. The summed E-state index contributed by atoms with van der Waals surface area (Å²) in [5.74, 6) is 0.955. The maximum absolute atomic E-state index is 11.7. The maximum atomic E-state index is 11.7. The van der Waals surface area contributed by atoms with Crippen LogP contribution in [0.5, 0.6) is 0 Å². The molecule has 0 radical (unpaired) electrons. The topological polar surface area (TPSA) is 29.1 Å². The Hall–Kier alpha value is -0.970. The van der Waals surface area contributed by atoms with Gasteiger partial charge in [0.1, 0.15) is 0 Å². The minimum absolute atomic E-state index is 0.0402. The van der Waals surface area contributed by atoms with Gasteiger partial charge < -0.3 is 5.32 Å². The van der Waals surface area contributed by atoms with Crippen molar-refractivity contribution in [1.82, 2.24) is 5.32 Å². The Morgan fingerprint density at radius 3 is 2.68 bits per heavy atom. The second-order valence-electron chi connectivity index (χ2n) is 3.87. The normalized spacial score (nSPS) is 10.4. The average Bonchev–Trinajstić information content (AvgIpc) is 2.86. The Balaban J connectivity index is 1.63. The lowest BCUT2D eigenvalue weighted by Crippen LogP contribution is -2.23. The zero-order chi connectivity index (χ0) is 13.5. The van der Waals surface area contributed by atoms with Crippen molar-refractivity contribution in [3.8, 4) is 0 Å². The van der Waals surface area contributed by atoms with Crippen molar-refractivity contribution < 1.29 is 4.79 Å². The van der Waals surface area contributed by atoms with Crippen molar-refractivity contribution in [2.45, 2.75) is 11.3 Å².